The van der Waals surface area contributed by atoms with Crippen molar-refractivity contribution in [3.8, 4) is 5.75 Å². The van der Waals surface area contributed by atoms with E-state index in [4.69, 9.17) is 10.5 Å². The Kier molecular flexibility index (Phi) is 3.05. The Morgan fingerprint density at radius 2 is 2.25 bits per heavy atom. The molecule has 0 bridgehead atoms. The summed E-state index contributed by atoms with van der Waals surface area (Å²) >= 11 is 7.94. The first-order valence-electron chi connectivity index (χ1n) is 3.33. The molecule has 0 fully saturated rings. The molecule has 1 aromatic rings. The second-order valence-corrected chi connectivity index (χ2v) is 3.65. The lowest BCUT2D eigenvalue weighted by Crippen LogP contribution is -2.16. The summed E-state index contributed by atoms with van der Waals surface area (Å²) < 4.78 is 6.05. The maximum atomic E-state index is 5.24. The molecule has 0 aliphatic carbocycles. The normalized spacial score (nSPS) is 9.50. The van der Waals surface area contributed by atoms with Gasteiger partial charge in [-0.15, -0.1) is 0 Å². The molecule has 0 spiro atoms. The highest BCUT2D eigenvalue weighted by molar-refractivity contribution is 9.10. The number of rotatable bonds is 1. The molecule has 12 heavy (non-hydrogen) atoms. The average molecular weight is 246 g/mol. The zero-order chi connectivity index (χ0) is 9.14. The van der Waals surface area contributed by atoms with Crippen molar-refractivity contribution < 1.29 is 4.74 Å². The highest BCUT2D eigenvalue weighted by Crippen LogP contribution is 2.22. The minimum absolute atomic E-state index is 0.0381. The van der Waals surface area contributed by atoms with E-state index >= 15 is 0 Å². The van der Waals surface area contributed by atoms with E-state index in [-0.39, 0.29) is 5.17 Å². The molecule has 0 aromatic heterocycles. The van der Waals surface area contributed by atoms with Crippen molar-refractivity contribution >= 4 is 33.3 Å². The van der Waals surface area contributed by atoms with Gasteiger partial charge in [-0.05, 0) is 36.8 Å². The van der Waals surface area contributed by atoms with E-state index in [9.17, 15) is 0 Å². The standard InChI is InChI=1S/C8H8BrNOS/c1-5-2-3-6(9)4-7(5)11-8(10)12/h2-4H,1H3,(H2,10,12). The smallest absolute Gasteiger partial charge is 0.259 e. The summed E-state index contributed by atoms with van der Waals surface area (Å²) in [6.07, 6.45) is 0. The van der Waals surface area contributed by atoms with Gasteiger partial charge in [0.05, 0.1) is 0 Å². The van der Waals surface area contributed by atoms with E-state index in [0.29, 0.717) is 5.75 Å². The van der Waals surface area contributed by atoms with Gasteiger partial charge in [-0.3, -0.25) is 0 Å². The van der Waals surface area contributed by atoms with Crippen molar-refractivity contribution in [2.75, 3.05) is 0 Å². The van der Waals surface area contributed by atoms with Gasteiger partial charge >= 0.3 is 0 Å². The Morgan fingerprint density at radius 3 is 2.83 bits per heavy atom. The molecular formula is C8H8BrNOS. The monoisotopic (exact) mass is 245 g/mol. The summed E-state index contributed by atoms with van der Waals surface area (Å²) in [5.41, 5.74) is 6.24. The molecule has 0 radical (unpaired) electrons. The minimum atomic E-state index is 0.0381. The number of nitrogens with two attached hydrogens (primary N) is 1. The van der Waals surface area contributed by atoms with Gasteiger partial charge in [0.2, 0.25) is 0 Å². The van der Waals surface area contributed by atoms with Crippen LogP contribution in [-0.4, -0.2) is 5.17 Å². The van der Waals surface area contributed by atoms with Crippen molar-refractivity contribution in [1.82, 2.24) is 0 Å². The quantitative estimate of drug-likeness (QED) is 0.772. The van der Waals surface area contributed by atoms with Crippen LogP contribution in [0.4, 0.5) is 0 Å². The van der Waals surface area contributed by atoms with Crippen LogP contribution in [0.1, 0.15) is 5.56 Å². The van der Waals surface area contributed by atoms with Crippen LogP contribution in [0, 0.1) is 6.92 Å². The number of hydrogen-bond donors (Lipinski definition) is 1. The first kappa shape index (κ1) is 9.48. The highest BCUT2D eigenvalue weighted by Gasteiger charge is 2.00. The molecule has 0 saturated carbocycles. The van der Waals surface area contributed by atoms with Gasteiger partial charge in [-0.2, -0.15) is 0 Å². The molecule has 0 aliphatic heterocycles. The zero-order valence-electron chi connectivity index (χ0n) is 6.50. The molecule has 1 rings (SSSR count). The molecule has 2 nitrogen and oxygen atoms in total. The van der Waals surface area contributed by atoms with Gasteiger partial charge < -0.3 is 10.5 Å². The van der Waals surface area contributed by atoms with Crippen molar-refractivity contribution in [2.24, 2.45) is 5.73 Å². The minimum Gasteiger partial charge on any atom is -0.432 e. The second kappa shape index (κ2) is 3.87. The van der Waals surface area contributed by atoms with Crippen LogP contribution < -0.4 is 10.5 Å². The first-order valence-corrected chi connectivity index (χ1v) is 4.53. The molecule has 1 aromatic carbocycles. The number of thiocarbonyl (C=S) groups is 1. The zero-order valence-corrected chi connectivity index (χ0v) is 8.91. The fraction of sp³-hybridized carbons (Fsp3) is 0.125. The van der Waals surface area contributed by atoms with Crippen molar-refractivity contribution in [2.45, 2.75) is 6.92 Å². The Morgan fingerprint density at radius 1 is 1.58 bits per heavy atom. The van der Waals surface area contributed by atoms with Crippen molar-refractivity contribution in [1.29, 1.82) is 0 Å². The van der Waals surface area contributed by atoms with Crippen molar-refractivity contribution in [3.05, 3.63) is 28.2 Å². The van der Waals surface area contributed by atoms with E-state index in [2.05, 4.69) is 28.1 Å². The molecule has 0 unspecified atom stereocenters. The molecule has 4 heteroatoms. The van der Waals surface area contributed by atoms with Gasteiger partial charge in [0.15, 0.2) is 0 Å². The third kappa shape index (κ3) is 2.46. The summed E-state index contributed by atoms with van der Waals surface area (Å²) in [6, 6.07) is 5.69. The largest absolute Gasteiger partial charge is 0.432 e. The average Bonchev–Trinajstić information content (AvgIpc) is 1.96. The van der Waals surface area contributed by atoms with Crippen LogP contribution in [0.25, 0.3) is 0 Å². The van der Waals surface area contributed by atoms with Gasteiger partial charge in [0.1, 0.15) is 5.75 Å². The second-order valence-electron chi connectivity index (χ2n) is 2.33. The molecule has 0 saturated heterocycles. The predicted octanol–water partition coefficient (Wildman–Crippen LogP) is 2.38. The third-order valence-electron chi connectivity index (χ3n) is 1.36. The maximum Gasteiger partial charge on any atom is 0.259 e. The number of benzene rings is 1. The molecule has 0 heterocycles. The van der Waals surface area contributed by atoms with Crippen LogP contribution in [0.3, 0.4) is 0 Å². The lowest BCUT2D eigenvalue weighted by atomic mass is 10.2. The van der Waals surface area contributed by atoms with E-state index in [0.717, 1.165) is 10.0 Å². The van der Waals surface area contributed by atoms with Crippen LogP contribution >= 0.6 is 28.1 Å². The Hall–Kier alpha value is -0.610. The van der Waals surface area contributed by atoms with Gasteiger partial charge in [0, 0.05) is 4.47 Å². The number of hydrogen-bond acceptors (Lipinski definition) is 2. The number of ether oxygens (including phenoxy) is 1. The van der Waals surface area contributed by atoms with Gasteiger partial charge in [0.25, 0.3) is 5.17 Å². The van der Waals surface area contributed by atoms with Crippen LogP contribution in [0.5, 0.6) is 5.75 Å². The van der Waals surface area contributed by atoms with Crippen molar-refractivity contribution in [3.63, 3.8) is 0 Å². The fourth-order valence-electron chi connectivity index (χ4n) is 0.792. The van der Waals surface area contributed by atoms with Crippen LogP contribution in [0.15, 0.2) is 22.7 Å². The number of aryl methyl sites for hydroxylation is 1. The lowest BCUT2D eigenvalue weighted by Gasteiger charge is -2.05. The third-order valence-corrected chi connectivity index (χ3v) is 1.94. The molecule has 0 atom stereocenters. The molecule has 2 N–H and O–H groups in total. The van der Waals surface area contributed by atoms with Crippen LogP contribution in [0.2, 0.25) is 0 Å². The van der Waals surface area contributed by atoms with E-state index < -0.39 is 0 Å². The Balaban J connectivity index is 2.97. The maximum absolute atomic E-state index is 5.24. The Bertz CT molecular complexity index is 314. The van der Waals surface area contributed by atoms with Crippen LogP contribution in [-0.2, 0) is 0 Å². The summed E-state index contributed by atoms with van der Waals surface area (Å²) in [4.78, 5) is 0. The predicted molar refractivity (Wildman–Crippen MR) is 56.3 cm³/mol. The van der Waals surface area contributed by atoms with Gasteiger partial charge in [-0.1, -0.05) is 22.0 Å². The summed E-state index contributed by atoms with van der Waals surface area (Å²) in [5, 5.41) is 0.0381. The summed E-state index contributed by atoms with van der Waals surface area (Å²) in [7, 11) is 0. The fourth-order valence-corrected chi connectivity index (χ4v) is 1.22. The number of halogens is 1. The molecule has 0 aliphatic rings. The molecule has 0 amide bonds. The molecule has 64 valence electrons. The molecular weight excluding hydrogens is 238 g/mol. The van der Waals surface area contributed by atoms with Gasteiger partial charge in [-0.25, -0.2) is 0 Å². The van der Waals surface area contributed by atoms with E-state index in [1.54, 1.807) is 0 Å². The SMILES string of the molecule is Cc1ccc(Br)cc1OC(N)=S. The summed E-state index contributed by atoms with van der Waals surface area (Å²) in [5.74, 6) is 0.692. The first-order chi connectivity index (χ1) is 5.59. The summed E-state index contributed by atoms with van der Waals surface area (Å²) in [6.45, 7) is 1.93. The van der Waals surface area contributed by atoms with E-state index in [1.165, 1.54) is 0 Å². The topological polar surface area (TPSA) is 35.2 Å². The lowest BCUT2D eigenvalue weighted by molar-refractivity contribution is 0.552. The highest BCUT2D eigenvalue weighted by atomic mass is 79.9. The Labute approximate surface area is 84.8 Å². The van der Waals surface area contributed by atoms with E-state index in [1.807, 2.05) is 25.1 Å².